The number of ether oxygens (including phenoxy) is 1. The van der Waals surface area contributed by atoms with E-state index in [9.17, 15) is 4.79 Å². The first-order valence-corrected chi connectivity index (χ1v) is 9.83. The van der Waals surface area contributed by atoms with E-state index in [-0.39, 0.29) is 5.91 Å². The molecule has 0 fully saturated rings. The number of aromatic amines is 1. The SMILES string of the molecule is COc1cccc(-c2cc(-c3ccc(C(=O)NCc4cccc(Cl)c4)cc3)[nH]n2)c1. The number of nitrogens with zero attached hydrogens (tertiary/aromatic N) is 1. The van der Waals surface area contributed by atoms with Crippen LogP contribution in [0.5, 0.6) is 5.75 Å². The maximum atomic E-state index is 12.4. The molecule has 5 nitrogen and oxygen atoms in total. The van der Waals surface area contributed by atoms with Gasteiger partial charge in [-0.05, 0) is 53.6 Å². The summed E-state index contributed by atoms with van der Waals surface area (Å²) in [4.78, 5) is 12.4. The van der Waals surface area contributed by atoms with Crippen molar-refractivity contribution < 1.29 is 9.53 Å². The monoisotopic (exact) mass is 417 g/mol. The number of methoxy groups -OCH3 is 1. The number of halogens is 1. The van der Waals surface area contributed by atoms with Gasteiger partial charge in [0.05, 0.1) is 18.5 Å². The molecule has 0 radical (unpaired) electrons. The molecule has 0 aliphatic carbocycles. The van der Waals surface area contributed by atoms with Crippen LogP contribution < -0.4 is 10.1 Å². The van der Waals surface area contributed by atoms with Crippen LogP contribution in [0.3, 0.4) is 0 Å². The van der Waals surface area contributed by atoms with E-state index >= 15 is 0 Å². The fraction of sp³-hybridized carbons (Fsp3) is 0.0833. The number of carbonyl (C=O) groups excluding carboxylic acids is 1. The molecule has 1 aromatic heterocycles. The number of hydrogen-bond donors (Lipinski definition) is 2. The fourth-order valence-corrected chi connectivity index (χ4v) is 3.35. The zero-order valence-corrected chi connectivity index (χ0v) is 17.1. The number of H-pyrrole nitrogens is 1. The highest BCUT2D eigenvalue weighted by Gasteiger charge is 2.09. The van der Waals surface area contributed by atoms with Crippen LogP contribution in [0.2, 0.25) is 5.02 Å². The Balaban J connectivity index is 1.44. The van der Waals surface area contributed by atoms with Crippen molar-refractivity contribution in [2.24, 2.45) is 0 Å². The van der Waals surface area contributed by atoms with Gasteiger partial charge in [0.15, 0.2) is 0 Å². The first-order chi connectivity index (χ1) is 14.6. The number of hydrogen-bond acceptors (Lipinski definition) is 3. The molecule has 1 amide bonds. The van der Waals surface area contributed by atoms with Crippen molar-refractivity contribution in [3.8, 4) is 28.3 Å². The molecule has 3 aromatic carbocycles. The van der Waals surface area contributed by atoms with Crippen molar-refractivity contribution in [2.75, 3.05) is 7.11 Å². The molecule has 150 valence electrons. The summed E-state index contributed by atoms with van der Waals surface area (Å²) in [5, 5.41) is 11.0. The molecule has 0 bridgehead atoms. The van der Waals surface area contributed by atoms with Gasteiger partial charge in [-0.15, -0.1) is 0 Å². The lowest BCUT2D eigenvalue weighted by Crippen LogP contribution is -2.22. The Morgan fingerprint density at radius 1 is 1.00 bits per heavy atom. The standard InChI is InChI=1S/C24H20ClN3O2/c1-30-21-7-3-5-19(13-21)23-14-22(27-28-23)17-8-10-18(11-9-17)24(29)26-15-16-4-2-6-20(25)12-16/h2-14H,15H2,1H3,(H,26,29)(H,27,28). The van der Waals surface area contributed by atoms with Crippen LogP contribution in [0, 0.1) is 0 Å². The highest BCUT2D eigenvalue weighted by molar-refractivity contribution is 6.30. The molecule has 0 aliphatic heterocycles. The summed E-state index contributed by atoms with van der Waals surface area (Å²) in [5.41, 5.74) is 5.16. The summed E-state index contributed by atoms with van der Waals surface area (Å²) in [6, 6.07) is 24.6. The van der Waals surface area contributed by atoms with E-state index in [1.807, 2.05) is 60.7 Å². The second-order valence-corrected chi connectivity index (χ2v) is 7.23. The van der Waals surface area contributed by atoms with Crippen molar-refractivity contribution in [1.82, 2.24) is 15.5 Å². The Bertz CT molecular complexity index is 1170. The molecule has 30 heavy (non-hydrogen) atoms. The van der Waals surface area contributed by atoms with E-state index in [2.05, 4.69) is 15.5 Å². The van der Waals surface area contributed by atoms with E-state index in [0.29, 0.717) is 17.1 Å². The molecule has 6 heteroatoms. The number of amides is 1. The second kappa shape index (κ2) is 8.84. The Morgan fingerprint density at radius 3 is 2.57 bits per heavy atom. The van der Waals surface area contributed by atoms with Gasteiger partial charge >= 0.3 is 0 Å². The lowest BCUT2D eigenvalue weighted by Gasteiger charge is -2.06. The van der Waals surface area contributed by atoms with Crippen LogP contribution in [0.1, 0.15) is 15.9 Å². The second-order valence-electron chi connectivity index (χ2n) is 6.79. The van der Waals surface area contributed by atoms with Crippen molar-refractivity contribution in [2.45, 2.75) is 6.54 Å². The van der Waals surface area contributed by atoms with Gasteiger partial charge in [-0.2, -0.15) is 5.10 Å². The van der Waals surface area contributed by atoms with Gasteiger partial charge in [-0.1, -0.05) is 48.0 Å². The Labute approximate surface area is 179 Å². The maximum absolute atomic E-state index is 12.4. The van der Waals surface area contributed by atoms with Crippen LogP contribution >= 0.6 is 11.6 Å². The van der Waals surface area contributed by atoms with Crippen molar-refractivity contribution >= 4 is 17.5 Å². The Morgan fingerprint density at radius 2 is 1.80 bits per heavy atom. The summed E-state index contributed by atoms with van der Waals surface area (Å²) >= 11 is 5.98. The maximum Gasteiger partial charge on any atom is 0.251 e. The van der Waals surface area contributed by atoms with Crippen LogP contribution in [0.25, 0.3) is 22.5 Å². The minimum Gasteiger partial charge on any atom is -0.497 e. The van der Waals surface area contributed by atoms with Crippen LogP contribution in [0.15, 0.2) is 78.9 Å². The van der Waals surface area contributed by atoms with Gasteiger partial charge in [0, 0.05) is 22.7 Å². The van der Waals surface area contributed by atoms with Crippen molar-refractivity contribution in [3.63, 3.8) is 0 Å². The van der Waals surface area contributed by atoms with E-state index in [4.69, 9.17) is 16.3 Å². The minimum atomic E-state index is -0.136. The smallest absolute Gasteiger partial charge is 0.251 e. The summed E-state index contributed by atoms with van der Waals surface area (Å²) in [6.45, 7) is 0.422. The molecule has 0 atom stereocenters. The molecule has 0 unspecified atom stereocenters. The number of rotatable bonds is 6. The van der Waals surface area contributed by atoms with Gasteiger partial charge in [0.25, 0.3) is 5.91 Å². The summed E-state index contributed by atoms with van der Waals surface area (Å²) in [5.74, 6) is 0.647. The minimum absolute atomic E-state index is 0.136. The number of carbonyl (C=O) groups is 1. The molecule has 0 spiro atoms. The van der Waals surface area contributed by atoms with Crippen molar-refractivity contribution in [3.05, 3.63) is 95.0 Å². The molecular formula is C24H20ClN3O2. The zero-order chi connectivity index (χ0) is 20.9. The third-order valence-electron chi connectivity index (χ3n) is 4.74. The highest BCUT2D eigenvalue weighted by Crippen LogP contribution is 2.26. The predicted octanol–water partition coefficient (Wildman–Crippen LogP) is 5.34. The van der Waals surface area contributed by atoms with Gasteiger partial charge in [0.2, 0.25) is 0 Å². The van der Waals surface area contributed by atoms with Crippen LogP contribution in [-0.4, -0.2) is 23.2 Å². The van der Waals surface area contributed by atoms with E-state index in [1.165, 1.54) is 0 Å². The molecule has 0 aliphatic rings. The van der Waals surface area contributed by atoms with Gasteiger partial charge < -0.3 is 10.1 Å². The molecule has 0 saturated heterocycles. The average molecular weight is 418 g/mol. The lowest BCUT2D eigenvalue weighted by atomic mass is 10.1. The average Bonchev–Trinajstić information content (AvgIpc) is 3.28. The molecule has 1 heterocycles. The number of nitrogens with one attached hydrogen (secondary N) is 2. The number of benzene rings is 3. The van der Waals surface area contributed by atoms with Gasteiger partial charge in [-0.3, -0.25) is 9.89 Å². The molecule has 0 saturated carbocycles. The third-order valence-corrected chi connectivity index (χ3v) is 4.98. The van der Waals surface area contributed by atoms with Crippen molar-refractivity contribution in [1.29, 1.82) is 0 Å². The molecular weight excluding hydrogens is 398 g/mol. The van der Waals surface area contributed by atoms with Gasteiger partial charge in [-0.25, -0.2) is 0 Å². The summed E-state index contributed by atoms with van der Waals surface area (Å²) in [6.07, 6.45) is 0. The quantitative estimate of drug-likeness (QED) is 0.445. The summed E-state index contributed by atoms with van der Waals surface area (Å²) in [7, 11) is 1.64. The number of aromatic nitrogens is 2. The molecule has 4 aromatic rings. The topological polar surface area (TPSA) is 67.0 Å². The van der Waals surface area contributed by atoms with E-state index in [0.717, 1.165) is 33.8 Å². The largest absolute Gasteiger partial charge is 0.497 e. The third kappa shape index (κ3) is 4.53. The highest BCUT2D eigenvalue weighted by atomic mass is 35.5. The first-order valence-electron chi connectivity index (χ1n) is 9.45. The zero-order valence-electron chi connectivity index (χ0n) is 16.4. The Hall–Kier alpha value is -3.57. The fourth-order valence-electron chi connectivity index (χ4n) is 3.13. The Kier molecular flexibility index (Phi) is 5.82. The first kappa shape index (κ1) is 19.7. The summed E-state index contributed by atoms with van der Waals surface area (Å²) < 4.78 is 5.27. The van der Waals surface area contributed by atoms with E-state index in [1.54, 1.807) is 25.3 Å². The lowest BCUT2D eigenvalue weighted by molar-refractivity contribution is 0.0951. The van der Waals surface area contributed by atoms with Crippen LogP contribution in [-0.2, 0) is 6.54 Å². The van der Waals surface area contributed by atoms with E-state index < -0.39 is 0 Å². The predicted molar refractivity (Wildman–Crippen MR) is 119 cm³/mol. The normalized spacial score (nSPS) is 10.6. The van der Waals surface area contributed by atoms with Crippen LogP contribution in [0.4, 0.5) is 0 Å². The van der Waals surface area contributed by atoms with Gasteiger partial charge in [0.1, 0.15) is 5.75 Å². The molecule has 4 rings (SSSR count). The molecule has 2 N–H and O–H groups in total.